The first-order chi connectivity index (χ1) is 9.47. The fourth-order valence-corrected chi connectivity index (χ4v) is 2.83. The lowest BCUT2D eigenvalue weighted by Crippen LogP contribution is -2.26. The van der Waals surface area contributed by atoms with Crippen molar-refractivity contribution in [1.82, 2.24) is 0 Å². The molecule has 0 aromatic heterocycles. The molecule has 0 bridgehead atoms. The molecule has 0 radical (unpaired) electrons. The van der Waals surface area contributed by atoms with Crippen molar-refractivity contribution in [3.8, 4) is 0 Å². The van der Waals surface area contributed by atoms with Gasteiger partial charge < -0.3 is 5.73 Å². The lowest BCUT2D eigenvalue weighted by molar-refractivity contribution is 0.623. The van der Waals surface area contributed by atoms with Gasteiger partial charge in [0.05, 0.1) is 0 Å². The van der Waals surface area contributed by atoms with Gasteiger partial charge >= 0.3 is 0 Å². The second-order valence-electron chi connectivity index (χ2n) is 4.60. The molecule has 1 unspecified atom stereocenters. The molecule has 0 spiro atoms. The number of rotatable bonds is 4. The highest BCUT2D eigenvalue weighted by atomic mass is 35.5. The minimum atomic E-state index is -0.360. The maximum Gasteiger partial charge on any atom is 0.124 e. The van der Waals surface area contributed by atoms with Crippen LogP contribution in [0.2, 0.25) is 15.1 Å². The van der Waals surface area contributed by atoms with Crippen molar-refractivity contribution in [3.05, 3.63) is 68.4 Å². The molecule has 106 valence electrons. The smallest absolute Gasteiger partial charge is 0.124 e. The van der Waals surface area contributed by atoms with Crippen molar-refractivity contribution in [2.45, 2.75) is 18.9 Å². The van der Waals surface area contributed by atoms with E-state index in [1.807, 2.05) is 0 Å². The van der Waals surface area contributed by atoms with Crippen LogP contribution < -0.4 is 5.73 Å². The Hall–Kier alpha value is -0.800. The van der Waals surface area contributed by atoms with E-state index in [0.29, 0.717) is 27.9 Å². The summed E-state index contributed by atoms with van der Waals surface area (Å²) in [4.78, 5) is 0. The number of nitrogens with two attached hydrogens (primary N) is 1. The van der Waals surface area contributed by atoms with Gasteiger partial charge in [-0.25, -0.2) is 4.39 Å². The molecule has 0 saturated heterocycles. The SMILES string of the molecule is NC(Cc1ccc(F)cc1Cl)Cc1c(Cl)cccc1Cl. The highest BCUT2D eigenvalue weighted by molar-refractivity contribution is 6.36. The van der Waals surface area contributed by atoms with E-state index in [2.05, 4.69) is 0 Å². The molecule has 0 aliphatic heterocycles. The molecule has 0 aliphatic carbocycles. The Morgan fingerprint density at radius 1 is 0.950 bits per heavy atom. The van der Waals surface area contributed by atoms with Crippen molar-refractivity contribution >= 4 is 34.8 Å². The third kappa shape index (κ3) is 3.86. The maximum absolute atomic E-state index is 13.0. The van der Waals surface area contributed by atoms with Gasteiger partial charge in [0.2, 0.25) is 0 Å². The molecule has 2 aromatic rings. The van der Waals surface area contributed by atoms with Crippen LogP contribution in [0, 0.1) is 5.82 Å². The van der Waals surface area contributed by atoms with Gasteiger partial charge in [-0.15, -0.1) is 0 Å². The number of hydrogen-bond donors (Lipinski definition) is 1. The Kier molecular flexibility index (Phi) is 5.28. The molecule has 2 N–H and O–H groups in total. The molecule has 2 rings (SSSR count). The van der Waals surface area contributed by atoms with E-state index in [9.17, 15) is 4.39 Å². The number of benzene rings is 2. The first-order valence-corrected chi connectivity index (χ1v) is 7.23. The summed E-state index contributed by atoms with van der Waals surface area (Å²) in [5, 5.41) is 1.57. The minimum Gasteiger partial charge on any atom is -0.327 e. The zero-order chi connectivity index (χ0) is 14.7. The van der Waals surface area contributed by atoms with Crippen LogP contribution in [-0.4, -0.2) is 6.04 Å². The quantitative estimate of drug-likeness (QED) is 0.847. The van der Waals surface area contributed by atoms with Gasteiger partial charge in [0.15, 0.2) is 0 Å². The molecule has 1 atom stereocenters. The Morgan fingerprint density at radius 2 is 1.60 bits per heavy atom. The zero-order valence-corrected chi connectivity index (χ0v) is 12.8. The summed E-state index contributed by atoms with van der Waals surface area (Å²) in [5.74, 6) is -0.360. The van der Waals surface area contributed by atoms with E-state index in [0.717, 1.165) is 11.1 Å². The first kappa shape index (κ1) is 15.6. The van der Waals surface area contributed by atoms with Gasteiger partial charge in [0, 0.05) is 21.1 Å². The zero-order valence-electron chi connectivity index (χ0n) is 10.5. The molecule has 2 aromatic carbocycles. The van der Waals surface area contributed by atoms with Crippen molar-refractivity contribution in [1.29, 1.82) is 0 Å². The van der Waals surface area contributed by atoms with Crippen molar-refractivity contribution in [2.75, 3.05) is 0 Å². The van der Waals surface area contributed by atoms with Crippen molar-refractivity contribution < 1.29 is 4.39 Å². The van der Waals surface area contributed by atoms with Crippen LogP contribution in [0.3, 0.4) is 0 Å². The average Bonchev–Trinajstić information content (AvgIpc) is 2.37. The Bertz CT molecular complexity index is 596. The molecule has 1 nitrogen and oxygen atoms in total. The van der Waals surface area contributed by atoms with E-state index in [-0.39, 0.29) is 11.9 Å². The van der Waals surface area contributed by atoms with Gasteiger partial charge in [-0.1, -0.05) is 46.9 Å². The third-order valence-electron chi connectivity index (χ3n) is 3.03. The summed E-state index contributed by atoms with van der Waals surface area (Å²) >= 11 is 18.2. The topological polar surface area (TPSA) is 26.0 Å². The fraction of sp³-hybridized carbons (Fsp3) is 0.200. The third-order valence-corrected chi connectivity index (χ3v) is 4.09. The van der Waals surface area contributed by atoms with Gasteiger partial charge in [0.1, 0.15) is 5.82 Å². The van der Waals surface area contributed by atoms with E-state index in [1.54, 1.807) is 24.3 Å². The molecule has 0 heterocycles. The summed E-state index contributed by atoms with van der Waals surface area (Å²) in [6, 6.07) is 9.45. The molecular formula is C15H13Cl3FN. The van der Waals surface area contributed by atoms with Gasteiger partial charge in [-0.05, 0) is 48.2 Å². The predicted molar refractivity (Wildman–Crippen MR) is 83.3 cm³/mol. The first-order valence-electron chi connectivity index (χ1n) is 6.09. The van der Waals surface area contributed by atoms with E-state index >= 15 is 0 Å². The minimum absolute atomic E-state index is 0.199. The van der Waals surface area contributed by atoms with Gasteiger partial charge in [0.25, 0.3) is 0 Å². The second kappa shape index (κ2) is 6.77. The summed E-state index contributed by atoms with van der Waals surface area (Å²) < 4.78 is 13.0. The Balaban J connectivity index is 2.11. The molecule has 0 saturated carbocycles. The molecule has 0 amide bonds. The maximum atomic E-state index is 13.0. The van der Waals surface area contributed by atoms with Crippen molar-refractivity contribution in [3.63, 3.8) is 0 Å². The Morgan fingerprint density at radius 3 is 2.20 bits per heavy atom. The number of halogens is 4. The monoisotopic (exact) mass is 331 g/mol. The summed E-state index contributed by atoms with van der Waals surface area (Å²) in [6.07, 6.45) is 1.06. The van der Waals surface area contributed by atoms with Crippen LogP contribution in [-0.2, 0) is 12.8 Å². The molecule has 0 fully saturated rings. The lowest BCUT2D eigenvalue weighted by atomic mass is 9.99. The predicted octanol–water partition coefficient (Wildman–Crippen LogP) is 4.90. The van der Waals surface area contributed by atoms with Gasteiger partial charge in [-0.2, -0.15) is 0 Å². The fourth-order valence-electron chi connectivity index (χ4n) is 2.03. The van der Waals surface area contributed by atoms with Crippen LogP contribution >= 0.6 is 34.8 Å². The normalized spacial score (nSPS) is 12.4. The van der Waals surface area contributed by atoms with Crippen LogP contribution in [0.15, 0.2) is 36.4 Å². The molecule has 0 aliphatic rings. The van der Waals surface area contributed by atoms with E-state index in [1.165, 1.54) is 12.1 Å². The number of hydrogen-bond acceptors (Lipinski definition) is 1. The van der Waals surface area contributed by atoms with Crippen LogP contribution in [0.25, 0.3) is 0 Å². The molecule has 20 heavy (non-hydrogen) atoms. The molecular weight excluding hydrogens is 320 g/mol. The average molecular weight is 333 g/mol. The molecule has 5 heteroatoms. The summed E-state index contributed by atoms with van der Waals surface area (Å²) in [5.41, 5.74) is 7.74. The summed E-state index contributed by atoms with van der Waals surface area (Å²) in [7, 11) is 0. The van der Waals surface area contributed by atoms with Crippen LogP contribution in [0.4, 0.5) is 4.39 Å². The Labute approximate surface area is 132 Å². The lowest BCUT2D eigenvalue weighted by Gasteiger charge is -2.15. The van der Waals surface area contributed by atoms with Crippen molar-refractivity contribution in [2.24, 2.45) is 5.73 Å². The van der Waals surface area contributed by atoms with E-state index in [4.69, 9.17) is 40.5 Å². The highest BCUT2D eigenvalue weighted by Gasteiger charge is 2.13. The summed E-state index contributed by atoms with van der Waals surface area (Å²) in [6.45, 7) is 0. The largest absolute Gasteiger partial charge is 0.327 e. The standard InChI is InChI=1S/C15H13Cl3FN/c16-13-2-1-3-14(17)12(13)8-11(20)6-9-4-5-10(19)7-15(9)18/h1-5,7,11H,6,8,20H2. The van der Waals surface area contributed by atoms with E-state index < -0.39 is 0 Å². The van der Waals surface area contributed by atoms with Crippen LogP contribution in [0.5, 0.6) is 0 Å². The second-order valence-corrected chi connectivity index (χ2v) is 5.83. The van der Waals surface area contributed by atoms with Crippen LogP contribution in [0.1, 0.15) is 11.1 Å². The highest BCUT2D eigenvalue weighted by Crippen LogP contribution is 2.26. The van der Waals surface area contributed by atoms with Gasteiger partial charge in [-0.3, -0.25) is 0 Å².